The SMILES string of the molecule is CC(N)OC1C2CC3C(=O)OC1C3C2. The van der Waals surface area contributed by atoms with E-state index in [4.69, 9.17) is 15.2 Å². The van der Waals surface area contributed by atoms with Gasteiger partial charge in [0.05, 0.1) is 12.0 Å². The molecule has 0 amide bonds. The highest BCUT2D eigenvalue weighted by atomic mass is 16.6. The van der Waals surface area contributed by atoms with Gasteiger partial charge >= 0.3 is 5.97 Å². The number of carbonyl (C=O) groups is 1. The normalized spacial score (nSPS) is 51.0. The van der Waals surface area contributed by atoms with Crippen LogP contribution in [0.1, 0.15) is 19.8 Å². The minimum Gasteiger partial charge on any atom is -0.459 e. The highest BCUT2D eigenvalue weighted by molar-refractivity contribution is 5.76. The Hall–Kier alpha value is -0.610. The number of hydrogen-bond acceptors (Lipinski definition) is 4. The van der Waals surface area contributed by atoms with Crippen molar-refractivity contribution in [2.45, 2.75) is 38.2 Å². The third-order valence-corrected chi connectivity index (χ3v) is 3.79. The number of nitrogens with two attached hydrogens (primary N) is 1. The zero-order valence-corrected chi connectivity index (χ0v) is 8.18. The molecule has 2 saturated carbocycles. The fraction of sp³-hybridized carbons (Fsp3) is 0.900. The predicted molar refractivity (Wildman–Crippen MR) is 48.1 cm³/mol. The van der Waals surface area contributed by atoms with E-state index in [9.17, 15) is 4.79 Å². The molecule has 3 fully saturated rings. The van der Waals surface area contributed by atoms with E-state index in [1.54, 1.807) is 0 Å². The fourth-order valence-electron chi connectivity index (χ4n) is 3.34. The first-order valence-corrected chi connectivity index (χ1v) is 5.28. The van der Waals surface area contributed by atoms with E-state index in [2.05, 4.69) is 0 Å². The summed E-state index contributed by atoms with van der Waals surface area (Å²) in [6.45, 7) is 1.82. The second kappa shape index (κ2) is 2.70. The summed E-state index contributed by atoms with van der Waals surface area (Å²) in [4.78, 5) is 11.4. The summed E-state index contributed by atoms with van der Waals surface area (Å²) in [6, 6.07) is 0. The largest absolute Gasteiger partial charge is 0.459 e. The zero-order chi connectivity index (χ0) is 9.87. The first-order valence-electron chi connectivity index (χ1n) is 5.28. The van der Waals surface area contributed by atoms with Gasteiger partial charge in [0.2, 0.25) is 0 Å². The van der Waals surface area contributed by atoms with E-state index in [-0.39, 0.29) is 30.3 Å². The van der Waals surface area contributed by atoms with E-state index < -0.39 is 0 Å². The highest BCUT2D eigenvalue weighted by Gasteiger charge is 2.62. The molecule has 6 unspecified atom stereocenters. The molecule has 3 aliphatic rings. The number of hydrogen-bond donors (Lipinski definition) is 1. The Labute approximate surface area is 82.7 Å². The maximum absolute atomic E-state index is 11.4. The zero-order valence-electron chi connectivity index (χ0n) is 8.18. The summed E-state index contributed by atoms with van der Waals surface area (Å²) in [5, 5.41) is 0. The van der Waals surface area contributed by atoms with Gasteiger partial charge in [0.25, 0.3) is 0 Å². The molecule has 14 heavy (non-hydrogen) atoms. The first kappa shape index (κ1) is 8.68. The molecule has 2 aliphatic carbocycles. The summed E-state index contributed by atoms with van der Waals surface area (Å²) < 4.78 is 11.0. The molecule has 6 atom stereocenters. The lowest BCUT2D eigenvalue weighted by Crippen LogP contribution is -2.38. The van der Waals surface area contributed by atoms with Gasteiger partial charge in [-0.15, -0.1) is 0 Å². The van der Waals surface area contributed by atoms with Crippen molar-refractivity contribution in [1.29, 1.82) is 0 Å². The van der Waals surface area contributed by atoms with Gasteiger partial charge in [0.15, 0.2) is 0 Å². The molecular weight excluding hydrogens is 182 g/mol. The fourth-order valence-corrected chi connectivity index (χ4v) is 3.34. The van der Waals surface area contributed by atoms with Gasteiger partial charge in [-0.25, -0.2) is 0 Å². The monoisotopic (exact) mass is 197 g/mol. The molecule has 1 heterocycles. The average Bonchev–Trinajstić information content (AvgIpc) is 2.67. The van der Waals surface area contributed by atoms with Gasteiger partial charge in [-0.2, -0.15) is 0 Å². The third kappa shape index (κ3) is 0.982. The van der Waals surface area contributed by atoms with Crippen LogP contribution in [0.5, 0.6) is 0 Å². The van der Waals surface area contributed by atoms with Crippen LogP contribution in [0.25, 0.3) is 0 Å². The van der Waals surface area contributed by atoms with Gasteiger partial charge in [-0.3, -0.25) is 4.79 Å². The van der Waals surface area contributed by atoms with Crippen molar-refractivity contribution in [3.63, 3.8) is 0 Å². The van der Waals surface area contributed by atoms with Crippen molar-refractivity contribution < 1.29 is 14.3 Å². The van der Waals surface area contributed by atoms with E-state index in [1.807, 2.05) is 6.92 Å². The molecule has 0 aromatic rings. The Morgan fingerprint density at radius 1 is 1.57 bits per heavy atom. The molecule has 1 aliphatic heterocycles. The molecular formula is C10H15NO3. The molecule has 0 aromatic heterocycles. The summed E-state index contributed by atoms with van der Waals surface area (Å²) in [7, 11) is 0. The van der Waals surface area contributed by atoms with E-state index in [0.717, 1.165) is 12.8 Å². The predicted octanol–water partition coefficient (Wildman–Crippen LogP) is 0.258. The number of ether oxygens (including phenoxy) is 2. The third-order valence-electron chi connectivity index (χ3n) is 3.79. The molecule has 2 bridgehead atoms. The van der Waals surface area contributed by atoms with E-state index in [1.165, 1.54) is 0 Å². The number of rotatable bonds is 2. The van der Waals surface area contributed by atoms with Gasteiger partial charge < -0.3 is 15.2 Å². The molecule has 0 spiro atoms. The van der Waals surface area contributed by atoms with Crippen molar-refractivity contribution in [2.75, 3.05) is 0 Å². The molecule has 3 rings (SSSR count). The molecule has 2 N–H and O–H groups in total. The number of carbonyl (C=O) groups excluding carboxylic acids is 1. The number of esters is 1. The van der Waals surface area contributed by atoms with E-state index >= 15 is 0 Å². The minimum absolute atomic E-state index is 0.00255. The van der Waals surface area contributed by atoms with Crippen LogP contribution in [0, 0.1) is 17.8 Å². The molecule has 78 valence electrons. The quantitative estimate of drug-likeness (QED) is 0.509. The van der Waals surface area contributed by atoms with Gasteiger partial charge in [-0.05, 0) is 25.7 Å². The van der Waals surface area contributed by atoms with Gasteiger partial charge in [0, 0.05) is 5.92 Å². The van der Waals surface area contributed by atoms with Crippen LogP contribution in [0.15, 0.2) is 0 Å². The lowest BCUT2D eigenvalue weighted by Gasteiger charge is -2.27. The van der Waals surface area contributed by atoms with Crippen LogP contribution in [-0.4, -0.2) is 24.4 Å². The number of fused-ring (bicyclic) bond motifs is 1. The highest BCUT2D eigenvalue weighted by Crippen LogP contribution is 2.55. The Kier molecular flexibility index (Phi) is 1.67. The lowest BCUT2D eigenvalue weighted by atomic mass is 9.88. The van der Waals surface area contributed by atoms with Crippen LogP contribution in [0.2, 0.25) is 0 Å². The van der Waals surface area contributed by atoms with Crippen molar-refractivity contribution in [3.05, 3.63) is 0 Å². The summed E-state index contributed by atoms with van der Waals surface area (Å²) in [6.07, 6.45) is 1.81. The van der Waals surface area contributed by atoms with Crippen molar-refractivity contribution in [3.8, 4) is 0 Å². The van der Waals surface area contributed by atoms with Crippen LogP contribution in [0.4, 0.5) is 0 Å². The molecule has 4 nitrogen and oxygen atoms in total. The smallest absolute Gasteiger partial charge is 0.309 e. The summed E-state index contributed by atoms with van der Waals surface area (Å²) in [5.74, 6) is 1.06. The lowest BCUT2D eigenvalue weighted by molar-refractivity contribution is -0.149. The van der Waals surface area contributed by atoms with Crippen LogP contribution >= 0.6 is 0 Å². The van der Waals surface area contributed by atoms with Crippen LogP contribution in [0.3, 0.4) is 0 Å². The average molecular weight is 197 g/mol. The Morgan fingerprint density at radius 3 is 3.07 bits per heavy atom. The molecule has 1 saturated heterocycles. The summed E-state index contributed by atoms with van der Waals surface area (Å²) in [5.41, 5.74) is 5.61. The van der Waals surface area contributed by atoms with Crippen LogP contribution < -0.4 is 5.73 Å². The minimum atomic E-state index is -0.267. The van der Waals surface area contributed by atoms with Crippen LogP contribution in [-0.2, 0) is 14.3 Å². The Balaban J connectivity index is 1.82. The van der Waals surface area contributed by atoms with E-state index in [0.29, 0.717) is 11.8 Å². The topological polar surface area (TPSA) is 61.5 Å². The second-order valence-corrected chi connectivity index (χ2v) is 4.71. The second-order valence-electron chi connectivity index (χ2n) is 4.71. The molecule has 0 aromatic carbocycles. The Morgan fingerprint density at radius 2 is 2.36 bits per heavy atom. The molecule has 4 heteroatoms. The van der Waals surface area contributed by atoms with Crippen molar-refractivity contribution in [2.24, 2.45) is 23.5 Å². The standard InChI is InChI=1S/C10H15NO3/c1-4(11)13-8-5-2-6-7(3-5)10(12)14-9(6)8/h4-9H,2-3,11H2,1H3. The van der Waals surface area contributed by atoms with Gasteiger partial charge in [0.1, 0.15) is 12.3 Å². The van der Waals surface area contributed by atoms with Crippen molar-refractivity contribution >= 4 is 5.97 Å². The summed E-state index contributed by atoms with van der Waals surface area (Å²) >= 11 is 0. The maximum Gasteiger partial charge on any atom is 0.309 e. The Bertz CT molecular complexity index is 279. The molecule has 0 radical (unpaired) electrons. The maximum atomic E-state index is 11.4. The van der Waals surface area contributed by atoms with Crippen molar-refractivity contribution in [1.82, 2.24) is 0 Å². The first-order chi connectivity index (χ1) is 6.66. The van der Waals surface area contributed by atoms with Gasteiger partial charge in [-0.1, -0.05) is 0 Å².